The molecule has 26 heavy (non-hydrogen) atoms. The summed E-state index contributed by atoms with van der Waals surface area (Å²) in [5.41, 5.74) is 1.13. The summed E-state index contributed by atoms with van der Waals surface area (Å²) >= 11 is 0. The Morgan fingerprint density at radius 3 is 2.46 bits per heavy atom. The van der Waals surface area contributed by atoms with Crippen molar-refractivity contribution in [2.24, 2.45) is 29.6 Å². The maximum absolute atomic E-state index is 13.5. The van der Waals surface area contributed by atoms with Gasteiger partial charge in [-0.05, 0) is 35.7 Å². The van der Waals surface area contributed by atoms with Gasteiger partial charge in [-0.3, -0.25) is 9.59 Å². The third kappa shape index (κ3) is 2.81. The van der Waals surface area contributed by atoms with Crippen molar-refractivity contribution in [3.05, 3.63) is 48.0 Å². The molecule has 1 aromatic carbocycles. The molecular formula is C22H28N2O2. The SMILES string of the molecule is CC(C)[C@H]1CC(=O)N(C(=O)[C@H]2[C@H](C)[C@H]3C=C[C@@H]2C3)N1Cc1ccccc1. The van der Waals surface area contributed by atoms with E-state index in [0.717, 1.165) is 12.0 Å². The van der Waals surface area contributed by atoms with Gasteiger partial charge in [0.25, 0.3) is 0 Å². The molecule has 1 saturated carbocycles. The summed E-state index contributed by atoms with van der Waals surface area (Å²) in [6.07, 6.45) is 5.94. The van der Waals surface area contributed by atoms with Crippen molar-refractivity contribution in [2.75, 3.05) is 0 Å². The van der Waals surface area contributed by atoms with E-state index < -0.39 is 0 Å². The Labute approximate surface area is 155 Å². The molecule has 2 aliphatic carbocycles. The number of hydrogen-bond acceptors (Lipinski definition) is 3. The molecule has 1 heterocycles. The van der Waals surface area contributed by atoms with Crippen LogP contribution >= 0.6 is 0 Å². The standard InChI is InChI=1S/C22H28N2O2/c1-14(2)19-12-20(25)24(23(19)13-16-7-5-4-6-8-16)22(26)21-15(3)17-9-10-18(21)11-17/h4-10,14-15,17-19,21H,11-13H2,1-3H3/t15-,17+,18-,19-,21+/m1/s1. The van der Waals surface area contributed by atoms with Gasteiger partial charge in [-0.1, -0.05) is 63.3 Å². The van der Waals surface area contributed by atoms with Crippen LogP contribution in [0.5, 0.6) is 0 Å². The van der Waals surface area contributed by atoms with Crippen molar-refractivity contribution in [1.29, 1.82) is 0 Å². The highest BCUT2D eigenvalue weighted by Gasteiger charge is 2.51. The maximum Gasteiger partial charge on any atom is 0.247 e. The van der Waals surface area contributed by atoms with Crippen molar-refractivity contribution < 1.29 is 9.59 Å². The molecule has 3 aliphatic rings. The fourth-order valence-electron chi connectivity index (χ4n) is 5.07. The van der Waals surface area contributed by atoms with Crippen molar-refractivity contribution >= 4 is 11.8 Å². The van der Waals surface area contributed by atoms with E-state index >= 15 is 0 Å². The van der Waals surface area contributed by atoms with Gasteiger partial charge in [-0.25, -0.2) is 10.0 Å². The Kier molecular flexibility index (Phi) is 4.47. The molecule has 0 radical (unpaired) electrons. The topological polar surface area (TPSA) is 40.6 Å². The third-order valence-corrected chi connectivity index (χ3v) is 6.56. The molecule has 0 aromatic heterocycles. The number of carbonyl (C=O) groups excluding carboxylic acids is 2. The summed E-state index contributed by atoms with van der Waals surface area (Å²) < 4.78 is 0. The second-order valence-electron chi connectivity index (χ2n) is 8.48. The summed E-state index contributed by atoms with van der Waals surface area (Å²) in [5, 5.41) is 3.54. The Balaban J connectivity index is 1.62. The van der Waals surface area contributed by atoms with E-state index in [1.807, 2.05) is 23.2 Å². The molecule has 5 atom stereocenters. The number of benzene rings is 1. The van der Waals surface area contributed by atoms with Gasteiger partial charge in [0, 0.05) is 24.9 Å². The zero-order valence-corrected chi connectivity index (χ0v) is 15.8. The Morgan fingerprint density at radius 2 is 1.85 bits per heavy atom. The lowest BCUT2D eigenvalue weighted by Gasteiger charge is -2.36. The lowest BCUT2D eigenvalue weighted by molar-refractivity contribution is -0.164. The van der Waals surface area contributed by atoms with Gasteiger partial charge < -0.3 is 0 Å². The van der Waals surface area contributed by atoms with E-state index in [4.69, 9.17) is 0 Å². The van der Waals surface area contributed by atoms with Crippen LogP contribution in [0.3, 0.4) is 0 Å². The molecule has 4 rings (SSSR count). The predicted molar refractivity (Wildman–Crippen MR) is 100 cm³/mol. The fraction of sp³-hybridized carbons (Fsp3) is 0.545. The lowest BCUT2D eigenvalue weighted by Crippen LogP contribution is -2.50. The molecule has 1 aliphatic heterocycles. The zero-order chi connectivity index (χ0) is 18.4. The van der Waals surface area contributed by atoms with Gasteiger partial charge in [0.05, 0.1) is 0 Å². The number of nitrogens with zero attached hydrogens (tertiary/aromatic N) is 2. The number of hydrazine groups is 1. The minimum Gasteiger partial charge on any atom is -0.273 e. The van der Waals surface area contributed by atoms with Crippen LogP contribution in [0.15, 0.2) is 42.5 Å². The second kappa shape index (κ2) is 6.66. The first-order valence-electron chi connectivity index (χ1n) is 9.83. The molecule has 0 spiro atoms. The van der Waals surface area contributed by atoms with Crippen molar-refractivity contribution in [2.45, 2.75) is 46.2 Å². The van der Waals surface area contributed by atoms with Crippen LogP contribution in [-0.2, 0) is 16.1 Å². The number of hydrogen-bond donors (Lipinski definition) is 0. The lowest BCUT2D eigenvalue weighted by atomic mass is 9.83. The molecule has 4 nitrogen and oxygen atoms in total. The third-order valence-electron chi connectivity index (χ3n) is 6.56. The number of rotatable bonds is 4. The van der Waals surface area contributed by atoms with Crippen LogP contribution in [-0.4, -0.2) is 27.9 Å². The number of fused-ring (bicyclic) bond motifs is 2. The number of carbonyl (C=O) groups is 2. The van der Waals surface area contributed by atoms with E-state index in [2.05, 4.69) is 45.1 Å². The summed E-state index contributed by atoms with van der Waals surface area (Å²) in [7, 11) is 0. The quantitative estimate of drug-likeness (QED) is 0.613. The van der Waals surface area contributed by atoms with Crippen molar-refractivity contribution in [1.82, 2.24) is 10.0 Å². The van der Waals surface area contributed by atoms with Crippen molar-refractivity contribution in [3.8, 4) is 0 Å². The second-order valence-corrected chi connectivity index (χ2v) is 8.48. The summed E-state index contributed by atoms with van der Waals surface area (Å²) in [6.45, 7) is 7.03. The minimum absolute atomic E-state index is 0.0124. The Bertz CT molecular complexity index is 727. The van der Waals surface area contributed by atoms with E-state index in [0.29, 0.717) is 36.6 Å². The molecule has 138 valence electrons. The average Bonchev–Trinajstić information content (AvgIpc) is 3.29. The molecule has 2 bridgehead atoms. The average molecular weight is 352 g/mol. The number of amides is 2. The first kappa shape index (κ1) is 17.5. The molecule has 4 heteroatoms. The molecule has 1 aromatic rings. The molecule has 0 N–H and O–H groups in total. The van der Waals surface area contributed by atoms with Crippen LogP contribution < -0.4 is 0 Å². The highest BCUT2D eigenvalue weighted by molar-refractivity contribution is 5.98. The van der Waals surface area contributed by atoms with Gasteiger partial charge in [-0.15, -0.1) is 0 Å². The van der Waals surface area contributed by atoms with Crippen molar-refractivity contribution in [3.63, 3.8) is 0 Å². The zero-order valence-electron chi connectivity index (χ0n) is 15.8. The molecule has 2 amide bonds. The minimum atomic E-state index is -0.0573. The Morgan fingerprint density at radius 1 is 1.15 bits per heavy atom. The normalized spacial score (nSPS) is 33.6. The highest BCUT2D eigenvalue weighted by Crippen LogP contribution is 2.49. The number of allylic oxidation sites excluding steroid dienone is 2. The maximum atomic E-state index is 13.5. The van der Waals surface area contributed by atoms with E-state index in [-0.39, 0.29) is 23.8 Å². The Hall–Kier alpha value is -1.94. The molecular weight excluding hydrogens is 324 g/mol. The number of imide groups is 1. The first-order chi connectivity index (χ1) is 12.5. The van der Waals surface area contributed by atoms with E-state index in [9.17, 15) is 9.59 Å². The predicted octanol–water partition coefficient (Wildman–Crippen LogP) is 3.65. The largest absolute Gasteiger partial charge is 0.273 e. The van der Waals surface area contributed by atoms with E-state index in [1.165, 1.54) is 5.01 Å². The monoisotopic (exact) mass is 352 g/mol. The van der Waals surface area contributed by atoms with Gasteiger partial charge >= 0.3 is 0 Å². The molecule has 0 unspecified atom stereocenters. The summed E-state index contributed by atoms with van der Waals surface area (Å²) in [4.78, 5) is 26.3. The van der Waals surface area contributed by atoms with Crippen LogP contribution in [0.2, 0.25) is 0 Å². The van der Waals surface area contributed by atoms with Gasteiger partial charge in [0.15, 0.2) is 0 Å². The highest BCUT2D eigenvalue weighted by atomic mass is 16.2. The van der Waals surface area contributed by atoms with Crippen LogP contribution in [0, 0.1) is 29.6 Å². The van der Waals surface area contributed by atoms with Gasteiger partial charge in [0.2, 0.25) is 11.8 Å². The molecule has 1 saturated heterocycles. The van der Waals surface area contributed by atoms with E-state index in [1.54, 1.807) is 0 Å². The summed E-state index contributed by atoms with van der Waals surface area (Å²) in [5.74, 6) is 1.35. The van der Waals surface area contributed by atoms with Gasteiger partial charge in [0.1, 0.15) is 0 Å². The fourth-order valence-corrected chi connectivity index (χ4v) is 5.07. The van der Waals surface area contributed by atoms with Crippen LogP contribution in [0.25, 0.3) is 0 Å². The van der Waals surface area contributed by atoms with Gasteiger partial charge in [-0.2, -0.15) is 0 Å². The van der Waals surface area contributed by atoms with Crippen LogP contribution in [0.1, 0.15) is 39.2 Å². The smallest absolute Gasteiger partial charge is 0.247 e. The summed E-state index contributed by atoms with van der Waals surface area (Å²) in [6, 6.07) is 10.2. The van der Waals surface area contributed by atoms with Crippen LogP contribution in [0.4, 0.5) is 0 Å². The molecule has 2 fully saturated rings. The first-order valence-corrected chi connectivity index (χ1v) is 9.83.